The average Bonchev–Trinajstić information content (AvgIpc) is 2.60. The first kappa shape index (κ1) is 27.2. The summed E-state index contributed by atoms with van der Waals surface area (Å²) in [6.45, 7) is 14.8. The van der Waals surface area contributed by atoms with Crippen molar-refractivity contribution in [3.05, 3.63) is 0 Å². The second kappa shape index (κ2) is 16.1. The van der Waals surface area contributed by atoms with E-state index in [1.807, 2.05) is 41.5 Å². The van der Waals surface area contributed by atoms with Gasteiger partial charge in [-0.25, -0.2) is 0 Å². The topological polar surface area (TPSA) is 55.4 Å². The summed E-state index contributed by atoms with van der Waals surface area (Å²) in [6.07, 6.45) is 0.761. The van der Waals surface area contributed by atoms with Gasteiger partial charge in [-0.05, 0) is 57.8 Å². The molecule has 0 heterocycles. The van der Waals surface area contributed by atoms with Crippen molar-refractivity contribution >= 4 is 49.9 Å². The van der Waals surface area contributed by atoms with Crippen LogP contribution in [0.1, 0.15) is 48.0 Å². The second-order valence-electron chi connectivity index (χ2n) is 5.04. The summed E-state index contributed by atoms with van der Waals surface area (Å²) in [6, 6.07) is 0. The van der Waals surface area contributed by atoms with E-state index in [1.165, 1.54) is 9.83 Å². The van der Waals surface area contributed by atoms with Gasteiger partial charge in [-0.3, -0.25) is 0 Å². The predicted molar refractivity (Wildman–Crippen MR) is 119 cm³/mol. The molecule has 6 nitrogen and oxygen atoms in total. The fourth-order valence-electron chi connectivity index (χ4n) is 2.83. The van der Waals surface area contributed by atoms with E-state index in [4.69, 9.17) is 26.6 Å². The largest absolute Gasteiger partial charge is 0.508 e. The summed E-state index contributed by atoms with van der Waals surface area (Å²) in [5.41, 5.74) is 0. The first-order chi connectivity index (χ1) is 12.6. The van der Waals surface area contributed by atoms with Crippen molar-refractivity contribution in [1.29, 1.82) is 0 Å². The Hall–Kier alpha value is 1.24. The second-order valence-corrected chi connectivity index (χ2v) is 14.4. The van der Waals surface area contributed by atoms with Crippen LogP contribution < -0.4 is 0 Å². The van der Waals surface area contributed by atoms with Crippen LogP contribution in [0.25, 0.3) is 0 Å². The lowest BCUT2D eigenvalue weighted by Crippen LogP contribution is -2.64. The fourth-order valence-corrected chi connectivity index (χ4v) is 13.2. The highest BCUT2D eigenvalue weighted by molar-refractivity contribution is 9.05. The van der Waals surface area contributed by atoms with Gasteiger partial charge in [0.25, 0.3) is 0 Å². The summed E-state index contributed by atoms with van der Waals surface area (Å²) < 4.78 is 37.2. The monoisotopic (exact) mass is 464 g/mol. The van der Waals surface area contributed by atoms with E-state index in [2.05, 4.69) is 11.7 Å². The highest BCUT2D eigenvalue weighted by atomic mass is 33.5. The number of hydrogen-bond acceptors (Lipinski definition) is 9. The van der Waals surface area contributed by atoms with Crippen LogP contribution in [0.5, 0.6) is 0 Å². The third-order valence-corrected chi connectivity index (χ3v) is 14.3. The van der Waals surface area contributed by atoms with Crippen molar-refractivity contribution < 1.29 is 26.6 Å². The Labute approximate surface area is 174 Å². The van der Waals surface area contributed by atoms with Crippen LogP contribution in [-0.4, -0.2) is 63.0 Å². The van der Waals surface area contributed by atoms with Crippen molar-refractivity contribution in [3.8, 4) is 0 Å². The maximum Gasteiger partial charge on any atom is 0.508 e. The van der Waals surface area contributed by atoms with E-state index < -0.39 is 17.6 Å². The molecule has 0 spiro atoms. The van der Waals surface area contributed by atoms with E-state index in [0.717, 1.165) is 12.2 Å². The molecule has 0 rings (SSSR count). The fraction of sp³-hybridized carbons (Fsp3) is 1.00. The minimum absolute atomic E-state index is 0.178. The molecule has 0 aliphatic rings. The molecule has 0 aromatic heterocycles. The average molecular weight is 465 g/mol. The van der Waals surface area contributed by atoms with Crippen LogP contribution in [0.3, 0.4) is 0 Å². The molecule has 0 saturated carbocycles. The van der Waals surface area contributed by atoms with Crippen LogP contribution in [0.2, 0.25) is 5.16 Å². The number of hydrogen-bond donors (Lipinski definition) is 1. The Morgan fingerprint density at radius 1 is 0.654 bits per heavy atom. The molecule has 0 atom stereocenters. The predicted octanol–water partition coefficient (Wildman–Crippen LogP) is 4.61. The van der Waals surface area contributed by atoms with E-state index >= 15 is 0 Å². The smallest absolute Gasteiger partial charge is 0.374 e. The van der Waals surface area contributed by atoms with Gasteiger partial charge in [-0.1, -0.05) is 22.5 Å². The van der Waals surface area contributed by atoms with Crippen LogP contribution in [0.4, 0.5) is 0 Å². The van der Waals surface area contributed by atoms with Gasteiger partial charge in [0, 0.05) is 45.4 Å². The SMILES string of the molecule is CCO[Si](OCC)(OCC)C(CCSSS)[Si](OCC)(OCC)OCC. The zero-order valence-electron chi connectivity index (χ0n) is 16.9. The van der Waals surface area contributed by atoms with Gasteiger partial charge >= 0.3 is 17.6 Å². The molecule has 0 aromatic rings. The number of rotatable bonds is 18. The standard InChI is InChI=1S/C15H36O6S3Si2/c1-7-16-25(17-8-2,18-9-3)15(13-14-23-24-22)26(19-10-4,20-11-5)21-12-6/h15,22H,7-14H2,1-6H3. The molecule has 0 unspecified atom stereocenters. The quantitative estimate of drug-likeness (QED) is 0.137. The van der Waals surface area contributed by atoms with Crippen molar-refractivity contribution in [1.82, 2.24) is 0 Å². The molecular formula is C15H36O6S3Si2. The molecule has 0 aliphatic carbocycles. The van der Waals surface area contributed by atoms with E-state index in [9.17, 15) is 0 Å². The van der Waals surface area contributed by atoms with Crippen molar-refractivity contribution in [2.45, 2.75) is 53.1 Å². The van der Waals surface area contributed by atoms with Crippen molar-refractivity contribution in [2.75, 3.05) is 45.4 Å². The Morgan fingerprint density at radius 2 is 0.962 bits per heavy atom. The third-order valence-electron chi connectivity index (χ3n) is 3.47. The highest BCUT2D eigenvalue weighted by Crippen LogP contribution is 2.41. The minimum Gasteiger partial charge on any atom is -0.374 e. The summed E-state index contributed by atoms with van der Waals surface area (Å²) in [7, 11) is -3.05. The number of thiol groups is 1. The highest BCUT2D eigenvalue weighted by Gasteiger charge is 2.65. The lowest BCUT2D eigenvalue weighted by molar-refractivity contribution is 0.0322. The molecule has 26 heavy (non-hydrogen) atoms. The minimum atomic E-state index is -3.08. The molecule has 0 amide bonds. The van der Waals surface area contributed by atoms with Crippen molar-refractivity contribution in [3.63, 3.8) is 0 Å². The van der Waals surface area contributed by atoms with Gasteiger partial charge in [0.1, 0.15) is 5.16 Å². The molecule has 158 valence electrons. The van der Waals surface area contributed by atoms with E-state index in [0.29, 0.717) is 39.6 Å². The molecule has 0 aliphatic heterocycles. The van der Waals surface area contributed by atoms with Gasteiger partial charge in [-0.15, -0.1) is 0 Å². The summed E-state index contributed by atoms with van der Waals surface area (Å²) in [5.74, 6) is 0.850. The van der Waals surface area contributed by atoms with Gasteiger partial charge in [0.15, 0.2) is 0 Å². The Balaban J connectivity index is 6.10. The van der Waals surface area contributed by atoms with Gasteiger partial charge in [0.05, 0.1) is 0 Å². The summed E-state index contributed by atoms with van der Waals surface area (Å²) in [5, 5.41) is -0.178. The molecule has 0 radical (unpaired) electrons. The molecule has 0 saturated heterocycles. The summed E-state index contributed by atoms with van der Waals surface area (Å²) in [4.78, 5) is 0. The maximum atomic E-state index is 6.20. The molecule has 0 fully saturated rings. The maximum absolute atomic E-state index is 6.20. The van der Waals surface area contributed by atoms with Gasteiger partial charge in [-0.2, -0.15) is 0 Å². The van der Waals surface area contributed by atoms with Gasteiger partial charge < -0.3 is 26.6 Å². The third kappa shape index (κ3) is 8.31. The molecular weight excluding hydrogens is 429 g/mol. The Kier molecular flexibility index (Phi) is 16.9. The van der Waals surface area contributed by atoms with E-state index in [1.54, 1.807) is 10.8 Å². The molecule has 11 heteroatoms. The van der Waals surface area contributed by atoms with Gasteiger partial charge in [0.2, 0.25) is 0 Å². The first-order valence-electron chi connectivity index (χ1n) is 9.32. The first-order valence-corrected chi connectivity index (χ1v) is 16.3. The van der Waals surface area contributed by atoms with Crippen LogP contribution in [-0.2, 0) is 26.6 Å². The molecule has 0 aromatic carbocycles. The zero-order valence-corrected chi connectivity index (χ0v) is 21.5. The summed E-state index contributed by atoms with van der Waals surface area (Å²) >= 11 is 4.23. The normalized spacial score (nSPS) is 12.9. The lowest BCUT2D eigenvalue weighted by atomic mass is 10.6. The molecule has 0 N–H and O–H groups in total. The zero-order chi connectivity index (χ0) is 19.9. The Bertz CT molecular complexity index is 284. The van der Waals surface area contributed by atoms with Crippen LogP contribution in [0.15, 0.2) is 0 Å². The lowest BCUT2D eigenvalue weighted by Gasteiger charge is -2.42. The molecule has 0 bridgehead atoms. The van der Waals surface area contributed by atoms with E-state index in [-0.39, 0.29) is 5.16 Å². The van der Waals surface area contributed by atoms with Crippen molar-refractivity contribution in [2.24, 2.45) is 0 Å². The van der Waals surface area contributed by atoms with Crippen LogP contribution >= 0.6 is 32.3 Å². The Morgan fingerprint density at radius 3 is 1.19 bits per heavy atom. The van der Waals surface area contributed by atoms with Crippen LogP contribution in [0, 0.1) is 0 Å².